The van der Waals surface area contributed by atoms with E-state index >= 15 is 0 Å². The molecule has 0 amide bonds. The average molecular weight is 284 g/mol. The van der Waals surface area contributed by atoms with Crippen molar-refractivity contribution in [2.75, 3.05) is 6.61 Å². The Hall–Kier alpha value is -2.69. The van der Waals surface area contributed by atoms with Crippen molar-refractivity contribution in [1.82, 2.24) is 9.97 Å². The molecule has 0 radical (unpaired) electrons. The average Bonchev–Trinajstić information content (AvgIpc) is 2.48. The van der Waals surface area contributed by atoms with Crippen LogP contribution in [0.25, 0.3) is 6.08 Å². The van der Waals surface area contributed by atoms with E-state index in [0.717, 1.165) is 23.8 Å². The van der Waals surface area contributed by atoms with Gasteiger partial charge in [-0.25, -0.2) is 9.78 Å². The first-order valence-electron chi connectivity index (χ1n) is 6.55. The fourth-order valence-corrected chi connectivity index (χ4v) is 1.78. The fraction of sp³-hybridized carbons (Fsp3) is 0.188. The van der Waals surface area contributed by atoms with Gasteiger partial charge in [0.05, 0.1) is 6.61 Å². The molecule has 0 aliphatic heterocycles. The summed E-state index contributed by atoms with van der Waals surface area (Å²) in [4.78, 5) is 18.9. The second-order valence-corrected chi connectivity index (χ2v) is 4.47. The van der Waals surface area contributed by atoms with E-state index in [1.165, 1.54) is 6.08 Å². The Labute approximate surface area is 122 Å². The minimum Gasteiger partial charge on any atom is -0.491 e. The maximum absolute atomic E-state index is 10.6. The van der Waals surface area contributed by atoms with Crippen LogP contribution >= 0.6 is 0 Å². The number of pyridine rings is 2. The molecule has 0 aromatic carbocycles. The lowest BCUT2D eigenvalue weighted by Gasteiger charge is -2.09. The first-order chi connectivity index (χ1) is 10.1. The molecular formula is C16H16N2O3. The van der Waals surface area contributed by atoms with Crippen molar-refractivity contribution in [3.63, 3.8) is 0 Å². The minimum absolute atomic E-state index is 0.477. The quantitative estimate of drug-likeness (QED) is 0.825. The van der Waals surface area contributed by atoms with Crippen LogP contribution < -0.4 is 4.74 Å². The number of aryl methyl sites for hydroxylation is 1. The van der Waals surface area contributed by atoms with Crippen LogP contribution in [0.3, 0.4) is 0 Å². The van der Waals surface area contributed by atoms with Crippen LogP contribution in [0.4, 0.5) is 0 Å². The number of carboxylic acid groups (broad SMARTS) is 1. The minimum atomic E-state index is -1.01. The maximum Gasteiger partial charge on any atom is 0.328 e. The number of nitrogens with zero attached hydrogens (tertiary/aromatic N) is 2. The van der Waals surface area contributed by atoms with Crippen LogP contribution in [0.15, 0.2) is 42.7 Å². The highest BCUT2D eigenvalue weighted by atomic mass is 16.5. The van der Waals surface area contributed by atoms with Gasteiger partial charge < -0.3 is 9.84 Å². The van der Waals surface area contributed by atoms with Crippen LogP contribution in [-0.2, 0) is 11.2 Å². The highest BCUT2D eigenvalue weighted by molar-refractivity contribution is 5.85. The fourth-order valence-electron chi connectivity index (χ4n) is 1.78. The number of carboxylic acids is 1. The molecule has 5 heteroatoms. The second kappa shape index (κ2) is 7.19. The van der Waals surface area contributed by atoms with Gasteiger partial charge in [0.25, 0.3) is 0 Å². The molecule has 2 aromatic rings. The van der Waals surface area contributed by atoms with Crippen molar-refractivity contribution in [3.05, 3.63) is 59.7 Å². The highest BCUT2D eigenvalue weighted by Gasteiger charge is 2.04. The molecule has 5 nitrogen and oxygen atoms in total. The Balaban J connectivity index is 2.03. The second-order valence-electron chi connectivity index (χ2n) is 4.47. The molecule has 0 bridgehead atoms. The number of ether oxygens (including phenoxy) is 1. The van der Waals surface area contributed by atoms with E-state index in [0.29, 0.717) is 18.1 Å². The predicted molar refractivity (Wildman–Crippen MR) is 79.1 cm³/mol. The monoisotopic (exact) mass is 284 g/mol. The van der Waals surface area contributed by atoms with Gasteiger partial charge in [0, 0.05) is 30.6 Å². The van der Waals surface area contributed by atoms with E-state index in [1.54, 1.807) is 18.5 Å². The number of rotatable bonds is 6. The van der Waals surface area contributed by atoms with Crippen molar-refractivity contribution >= 4 is 12.0 Å². The lowest BCUT2D eigenvalue weighted by atomic mass is 10.2. The molecule has 0 unspecified atom stereocenters. The molecule has 0 spiro atoms. The van der Waals surface area contributed by atoms with E-state index in [4.69, 9.17) is 9.84 Å². The van der Waals surface area contributed by atoms with Gasteiger partial charge >= 0.3 is 5.97 Å². The van der Waals surface area contributed by atoms with Crippen molar-refractivity contribution in [2.24, 2.45) is 0 Å². The molecule has 21 heavy (non-hydrogen) atoms. The summed E-state index contributed by atoms with van der Waals surface area (Å²) in [5.74, 6) is -0.443. The molecular weight excluding hydrogens is 268 g/mol. The molecule has 1 N–H and O–H groups in total. The zero-order valence-corrected chi connectivity index (χ0v) is 11.7. The predicted octanol–water partition coefficient (Wildman–Crippen LogP) is 2.50. The van der Waals surface area contributed by atoms with Crippen LogP contribution in [0.5, 0.6) is 5.75 Å². The summed E-state index contributed by atoms with van der Waals surface area (Å²) in [7, 11) is 0. The van der Waals surface area contributed by atoms with Crippen molar-refractivity contribution in [2.45, 2.75) is 13.3 Å². The molecule has 2 heterocycles. The zero-order valence-electron chi connectivity index (χ0n) is 11.7. The van der Waals surface area contributed by atoms with Gasteiger partial charge in [0.15, 0.2) is 0 Å². The maximum atomic E-state index is 10.6. The molecule has 0 fully saturated rings. The molecule has 0 atom stereocenters. The third-order valence-corrected chi connectivity index (χ3v) is 2.78. The Bertz CT molecular complexity index is 639. The van der Waals surface area contributed by atoms with E-state index in [2.05, 4.69) is 9.97 Å². The standard InChI is InChI=1S/C16H16N2O3/c1-12-4-6-15(14(18-12)5-7-16(19)20)21-10-8-13-3-2-9-17-11-13/h2-7,9,11H,8,10H2,1H3,(H,19,20). The summed E-state index contributed by atoms with van der Waals surface area (Å²) >= 11 is 0. The Morgan fingerprint density at radius 2 is 2.24 bits per heavy atom. The molecule has 0 saturated carbocycles. The highest BCUT2D eigenvalue weighted by Crippen LogP contribution is 2.18. The van der Waals surface area contributed by atoms with E-state index in [9.17, 15) is 4.79 Å². The lowest BCUT2D eigenvalue weighted by Crippen LogP contribution is -2.04. The van der Waals surface area contributed by atoms with Crippen molar-refractivity contribution < 1.29 is 14.6 Å². The van der Waals surface area contributed by atoms with Gasteiger partial charge in [-0.15, -0.1) is 0 Å². The van der Waals surface area contributed by atoms with E-state index in [-0.39, 0.29) is 0 Å². The van der Waals surface area contributed by atoms with Gasteiger partial charge in [-0.1, -0.05) is 6.07 Å². The summed E-state index contributed by atoms with van der Waals surface area (Å²) in [6.07, 6.45) is 6.74. The Morgan fingerprint density at radius 3 is 2.95 bits per heavy atom. The third-order valence-electron chi connectivity index (χ3n) is 2.78. The number of hydrogen-bond acceptors (Lipinski definition) is 4. The smallest absolute Gasteiger partial charge is 0.328 e. The molecule has 2 rings (SSSR count). The number of carbonyl (C=O) groups is 1. The molecule has 0 saturated heterocycles. The summed E-state index contributed by atoms with van der Waals surface area (Å²) < 4.78 is 5.69. The molecule has 0 aliphatic carbocycles. The van der Waals surface area contributed by atoms with Crippen LogP contribution in [0.1, 0.15) is 17.0 Å². The first kappa shape index (κ1) is 14.7. The van der Waals surface area contributed by atoms with Crippen molar-refractivity contribution in [3.8, 4) is 5.75 Å². The van der Waals surface area contributed by atoms with Crippen LogP contribution in [0.2, 0.25) is 0 Å². The van der Waals surface area contributed by atoms with Gasteiger partial charge in [0.1, 0.15) is 11.4 Å². The number of aromatic nitrogens is 2. The van der Waals surface area contributed by atoms with E-state index in [1.807, 2.05) is 25.1 Å². The summed E-state index contributed by atoms with van der Waals surface area (Å²) in [5, 5.41) is 8.70. The summed E-state index contributed by atoms with van der Waals surface area (Å²) in [6, 6.07) is 7.49. The number of aliphatic carboxylic acids is 1. The van der Waals surface area contributed by atoms with Gasteiger partial charge in [-0.3, -0.25) is 4.98 Å². The SMILES string of the molecule is Cc1ccc(OCCc2cccnc2)c(C=CC(=O)O)n1. The normalized spacial score (nSPS) is 10.7. The summed E-state index contributed by atoms with van der Waals surface area (Å²) in [5.41, 5.74) is 2.41. The molecule has 0 aliphatic rings. The van der Waals surface area contributed by atoms with Gasteiger partial charge in [-0.05, 0) is 36.8 Å². The summed E-state index contributed by atoms with van der Waals surface area (Å²) in [6.45, 7) is 2.32. The molecule has 108 valence electrons. The zero-order chi connectivity index (χ0) is 15.1. The van der Waals surface area contributed by atoms with Gasteiger partial charge in [-0.2, -0.15) is 0 Å². The van der Waals surface area contributed by atoms with Gasteiger partial charge in [0.2, 0.25) is 0 Å². The first-order valence-corrected chi connectivity index (χ1v) is 6.55. The Kier molecular flexibility index (Phi) is 5.04. The topological polar surface area (TPSA) is 72.3 Å². The number of hydrogen-bond donors (Lipinski definition) is 1. The van der Waals surface area contributed by atoms with Crippen LogP contribution in [0, 0.1) is 6.92 Å². The van der Waals surface area contributed by atoms with Crippen LogP contribution in [-0.4, -0.2) is 27.7 Å². The molecule has 2 aromatic heterocycles. The lowest BCUT2D eigenvalue weighted by molar-refractivity contribution is -0.131. The van der Waals surface area contributed by atoms with E-state index < -0.39 is 5.97 Å². The van der Waals surface area contributed by atoms with Crippen molar-refractivity contribution in [1.29, 1.82) is 0 Å². The third kappa shape index (κ3) is 4.72. The largest absolute Gasteiger partial charge is 0.491 e. The Morgan fingerprint density at radius 1 is 1.38 bits per heavy atom.